The van der Waals surface area contributed by atoms with E-state index in [9.17, 15) is 8.42 Å². The minimum atomic E-state index is -3.81. The molecular weight excluding hydrogens is 338 g/mol. The largest absolute Gasteiger partial charge is 0.468 e. The molecule has 0 aliphatic carbocycles. The minimum absolute atomic E-state index is 0.0713. The molecular formula is C18H15N3O3S. The summed E-state index contributed by atoms with van der Waals surface area (Å²) in [5.41, 5.74) is 1.05. The van der Waals surface area contributed by atoms with E-state index in [1.54, 1.807) is 42.7 Å². The predicted molar refractivity (Wildman–Crippen MR) is 90.5 cm³/mol. The van der Waals surface area contributed by atoms with Gasteiger partial charge in [0.25, 0.3) is 0 Å². The Morgan fingerprint density at radius 1 is 1.12 bits per heavy atom. The molecule has 0 saturated carbocycles. The van der Waals surface area contributed by atoms with Crippen molar-refractivity contribution in [2.45, 2.75) is 18.0 Å². The van der Waals surface area contributed by atoms with Gasteiger partial charge < -0.3 is 4.42 Å². The molecule has 0 aliphatic heterocycles. The van der Waals surface area contributed by atoms with Crippen molar-refractivity contribution in [1.82, 2.24) is 9.29 Å². The third-order valence-electron chi connectivity index (χ3n) is 3.59. The van der Waals surface area contributed by atoms with E-state index in [1.807, 2.05) is 12.1 Å². The first-order valence-electron chi connectivity index (χ1n) is 7.51. The molecule has 3 aromatic rings. The molecule has 0 bridgehead atoms. The fraction of sp³-hybridized carbons (Fsp3) is 0.111. The number of hydrogen-bond acceptors (Lipinski definition) is 5. The number of hydrogen-bond donors (Lipinski definition) is 0. The molecule has 126 valence electrons. The van der Waals surface area contributed by atoms with Crippen molar-refractivity contribution in [2.24, 2.45) is 0 Å². The van der Waals surface area contributed by atoms with Crippen LogP contribution in [0, 0.1) is 11.3 Å². The number of furan rings is 1. The molecule has 0 fully saturated rings. The van der Waals surface area contributed by atoms with Gasteiger partial charge in [0, 0.05) is 18.9 Å². The van der Waals surface area contributed by atoms with Crippen LogP contribution in [0.3, 0.4) is 0 Å². The molecule has 2 aromatic heterocycles. The molecule has 3 rings (SSSR count). The Morgan fingerprint density at radius 3 is 2.68 bits per heavy atom. The molecule has 0 spiro atoms. The summed E-state index contributed by atoms with van der Waals surface area (Å²) in [5, 5.41) is 9.03. The predicted octanol–water partition coefficient (Wildman–Crippen LogP) is 2.94. The smallest absolute Gasteiger partial charge is 0.243 e. The molecule has 25 heavy (non-hydrogen) atoms. The number of pyridine rings is 1. The maximum Gasteiger partial charge on any atom is 0.243 e. The lowest BCUT2D eigenvalue weighted by molar-refractivity contribution is 0.358. The first-order chi connectivity index (χ1) is 12.1. The molecule has 7 heteroatoms. The number of nitrogens with zero attached hydrogens (tertiary/aromatic N) is 3. The lowest BCUT2D eigenvalue weighted by atomic mass is 10.2. The summed E-state index contributed by atoms with van der Waals surface area (Å²) >= 11 is 0. The van der Waals surface area contributed by atoms with Crippen LogP contribution >= 0.6 is 0 Å². The summed E-state index contributed by atoms with van der Waals surface area (Å²) in [6.07, 6.45) is 4.75. The fourth-order valence-electron chi connectivity index (χ4n) is 2.37. The molecule has 0 saturated heterocycles. The SMILES string of the molecule is N#Cc1cccc(S(=O)(=O)N(Cc2cccnc2)Cc2ccco2)c1. The van der Waals surface area contributed by atoms with E-state index < -0.39 is 10.0 Å². The lowest BCUT2D eigenvalue weighted by Crippen LogP contribution is -2.30. The third kappa shape index (κ3) is 3.94. The highest BCUT2D eigenvalue weighted by Gasteiger charge is 2.26. The third-order valence-corrected chi connectivity index (χ3v) is 5.38. The zero-order valence-electron chi connectivity index (χ0n) is 13.2. The molecule has 0 aliphatic rings. The Morgan fingerprint density at radius 2 is 2.00 bits per heavy atom. The molecule has 1 aromatic carbocycles. The van der Waals surface area contributed by atoms with Crippen LogP contribution in [-0.4, -0.2) is 17.7 Å². The second-order valence-electron chi connectivity index (χ2n) is 5.35. The molecule has 0 N–H and O–H groups in total. The zero-order valence-corrected chi connectivity index (χ0v) is 14.1. The molecule has 0 amide bonds. The number of nitriles is 1. The number of sulfonamides is 1. The average molecular weight is 353 g/mol. The highest BCUT2D eigenvalue weighted by molar-refractivity contribution is 7.89. The van der Waals surface area contributed by atoms with Crippen molar-refractivity contribution in [1.29, 1.82) is 5.26 Å². The molecule has 0 radical (unpaired) electrons. The fourth-order valence-corrected chi connectivity index (χ4v) is 3.81. The standard InChI is InChI=1S/C18H15N3O3S/c19-11-15-4-1-7-18(10-15)25(22,23)21(14-17-6-3-9-24-17)13-16-5-2-8-20-12-16/h1-10,12H,13-14H2. The van der Waals surface area contributed by atoms with Crippen LogP contribution in [0.4, 0.5) is 0 Å². The highest BCUT2D eigenvalue weighted by Crippen LogP contribution is 2.22. The van der Waals surface area contributed by atoms with Gasteiger partial charge in [-0.15, -0.1) is 0 Å². The maximum atomic E-state index is 13.1. The second kappa shape index (κ2) is 7.30. The second-order valence-corrected chi connectivity index (χ2v) is 7.29. The van der Waals surface area contributed by atoms with Gasteiger partial charge in [0.2, 0.25) is 10.0 Å². The zero-order chi connectivity index (χ0) is 17.7. The van der Waals surface area contributed by atoms with Gasteiger partial charge in [-0.3, -0.25) is 4.98 Å². The molecule has 6 nitrogen and oxygen atoms in total. The van der Waals surface area contributed by atoms with Crippen LogP contribution in [0.1, 0.15) is 16.9 Å². The number of rotatable bonds is 6. The van der Waals surface area contributed by atoms with Gasteiger partial charge in [-0.1, -0.05) is 12.1 Å². The molecule has 0 atom stereocenters. The van der Waals surface area contributed by atoms with Crippen molar-refractivity contribution >= 4 is 10.0 Å². The van der Waals surface area contributed by atoms with E-state index >= 15 is 0 Å². The van der Waals surface area contributed by atoms with E-state index in [2.05, 4.69) is 4.98 Å². The summed E-state index contributed by atoms with van der Waals surface area (Å²) in [5.74, 6) is 0.531. The maximum absolute atomic E-state index is 13.1. The van der Waals surface area contributed by atoms with Crippen LogP contribution in [0.2, 0.25) is 0 Å². The van der Waals surface area contributed by atoms with Gasteiger partial charge in [-0.25, -0.2) is 8.42 Å². The van der Waals surface area contributed by atoms with Crippen molar-refractivity contribution < 1.29 is 12.8 Å². The lowest BCUT2D eigenvalue weighted by Gasteiger charge is -2.21. The Hall–Kier alpha value is -2.95. The normalized spacial score (nSPS) is 11.4. The van der Waals surface area contributed by atoms with E-state index in [1.165, 1.54) is 22.7 Å². The van der Waals surface area contributed by atoms with Crippen molar-refractivity contribution in [3.05, 3.63) is 84.1 Å². The molecule has 0 unspecified atom stereocenters. The highest BCUT2D eigenvalue weighted by atomic mass is 32.2. The van der Waals surface area contributed by atoms with Gasteiger partial charge in [0.1, 0.15) is 5.76 Å². The number of aromatic nitrogens is 1. The Labute approximate surface area is 146 Å². The average Bonchev–Trinajstić information content (AvgIpc) is 3.15. The quantitative estimate of drug-likeness (QED) is 0.680. The summed E-state index contributed by atoms with van der Waals surface area (Å²) in [6.45, 7) is 0.231. The van der Waals surface area contributed by atoms with Gasteiger partial charge in [0.05, 0.1) is 29.3 Å². The van der Waals surface area contributed by atoms with Crippen LogP contribution in [0.25, 0.3) is 0 Å². The summed E-state index contributed by atoms with van der Waals surface area (Å²) in [7, 11) is -3.81. The van der Waals surface area contributed by atoms with Crippen LogP contribution in [-0.2, 0) is 23.1 Å². The van der Waals surface area contributed by atoms with Crippen LogP contribution in [0.5, 0.6) is 0 Å². The van der Waals surface area contributed by atoms with E-state index in [0.717, 1.165) is 5.56 Å². The van der Waals surface area contributed by atoms with E-state index in [0.29, 0.717) is 11.3 Å². The summed E-state index contributed by atoms with van der Waals surface area (Å²) < 4.78 is 32.8. The van der Waals surface area contributed by atoms with Crippen molar-refractivity contribution in [3.8, 4) is 6.07 Å². The Kier molecular flexibility index (Phi) is 4.93. The Bertz CT molecular complexity index is 978. The Balaban J connectivity index is 1.98. The minimum Gasteiger partial charge on any atom is -0.468 e. The summed E-state index contributed by atoms with van der Waals surface area (Å²) in [4.78, 5) is 4.10. The monoisotopic (exact) mass is 353 g/mol. The van der Waals surface area contributed by atoms with Gasteiger partial charge in [-0.05, 0) is 42.0 Å². The van der Waals surface area contributed by atoms with E-state index in [4.69, 9.17) is 9.68 Å². The van der Waals surface area contributed by atoms with Crippen molar-refractivity contribution in [3.63, 3.8) is 0 Å². The van der Waals surface area contributed by atoms with Crippen LogP contribution < -0.4 is 0 Å². The molecule has 2 heterocycles. The number of benzene rings is 1. The topological polar surface area (TPSA) is 87.2 Å². The van der Waals surface area contributed by atoms with Crippen LogP contribution in [0.15, 0.2) is 76.5 Å². The van der Waals surface area contributed by atoms with Gasteiger partial charge in [-0.2, -0.15) is 9.57 Å². The first-order valence-corrected chi connectivity index (χ1v) is 8.95. The van der Waals surface area contributed by atoms with E-state index in [-0.39, 0.29) is 18.0 Å². The van der Waals surface area contributed by atoms with Gasteiger partial charge >= 0.3 is 0 Å². The van der Waals surface area contributed by atoms with Gasteiger partial charge in [0.15, 0.2) is 0 Å². The first kappa shape index (κ1) is 16.9. The van der Waals surface area contributed by atoms with Crippen molar-refractivity contribution in [2.75, 3.05) is 0 Å². The summed E-state index contributed by atoms with van der Waals surface area (Å²) in [6, 6.07) is 14.9.